The second-order valence-corrected chi connectivity index (χ2v) is 15.1. The molecule has 2 aliphatic rings. The quantitative estimate of drug-likeness (QED) is 0.165. The second kappa shape index (κ2) is 16.0. The Kier molecular flexibility index (Phi) is 12.1. The van der Waals surface area contributed by atoms with Crippen molar-refractivity contribution in [3.05, 3.63) is 81.9 Å². The van der Waals surface area contributed by atoms with Gasteiger partial charge in [-0.15, -0.1) is 0 Å². The minimum atomic E-state index is -3.38. The molecule has 5 rings (SSSR count). The van der Waals surface area contributed by atoms with Gasteiger partial charge >= 0.3 is 6.09 Å². The van der Waals surface area contributed by atoms with Crippen LogP contribution < -0.4 is 25.8 Å². The number of halogens is 5. The Morgan fingerprint density at radius 3 is 2.33 bits per heavy atom. The van der Waals surface area contributed by atoms with Crippen LogP contribution in [0.15, 0.2) is 48.5 Å². The highest BCUT2D eigenvalue weighted by atomic mass is 35.5. The minimum Gasteiger partial charge on any atom is -0.494 e. The Labute approximate surface area is 316 Å². The number of primary amides is 1. The van der Waals surface area contributed by atoms with E-state index in [1.165, 1.54) is 24.1 Å². The van der Waals surface area contributed by atoms with Crippen molar-refractivity contribution < 1.29 is 46.2 Å². The molecule has 10 nitrogen and oxygen atoms in total. The molecule has 54 heavy (non-hydrogen) atoms. The summed E-state index contributed by atoms with van der Waals surface area (Å²) in [5.74, 6) is -7.25. The molecular formula is C39H45ClF4N4O6. The van der Waals surface area contributed by atoms with Crippen molar-refractivity contribution in [1.82, 2.24) is 15.5 Å². The van der Waals surface area contributed by atoms with Crippen LogP contribution >= 0.6 is 11.6 Å². The molecule has 2 atom stereocenters. The lowest BCUT2D eigenvalue weighted by Gasteiger charge is -2.38. The predicted octanol–water partition coefficient (Wildman–Crippen LogP) is 7.30. The minimum absolute atomic E-state index is 0.0701. The van der Waals surface area contributed by atoms with Crippen molar-refractivity contribution in [2.24, 2.45) is 5.73 Å². The third-order valence-electron chi connectivity index (χ3n) is 9.85. The smallest absolute Gasteiger partial charge is 0.407 e. The fourth-order valence-corrected chi connectivity index (χ4v) is 7.29. The van der Waals surface area contributed by atoms with Crippen LogP contribution in [-0.4, -0.2) is 73.7 Å². The number of ether oxygens (including phenoxy) is 3. The van der Waals surface area contributed by atoms with Crippen LogP contribution in [0.5, 0.6) is 11.5 Å². The molecule has 0 bridgehead atoms. The van der Waals surface area contributed by atoms with Gasteiger partial charge in [0.2, 0.25) is 11.8 Å². The molecule has 0 unspecified atom stereocenters. The zero-order valence-electron chi connectivity index (χ0n) is 30.8. The maximum Gasteiger partial charge on any atom is 0.407 e. The molecule has 0 radical (unpaired) electrons. The van der Waals surface area contributed by atoms with E-state index in [9.17, 15) is 23.2 Å². The van der Waals surface area contributed by atoms with Crippen molar-refractivity contribution in [3.8, 4) is 22.6 Å². The number of hydrogen-bond donors (Lipinski definition) is 3. The third-order valence-corrected chi connectivity index (χ3v) is 10.2. The maximum atomic E-state index is 16.0. The van der Waals surface area contributed by atoms with E-state index in [-0.39, 0.29) is 40.8 Å². The fourth-order valence-electron chi connectivity index (χ4n) is 7.04. The van der Waals surface area contributed by atoms with Gasteiger partial charge in [-0.1, -0.05) is 48.9 Å². The van der Waals surface area contributed by atoms with Crippen LogP contribution in [0.4, 0.5) is 22.4 Å². The first-order valence-electron chi connectivity index (χ1n) is 17.6. The van der Waals surface area contributed by atoms with Crippen LogP contribution in [-0.2, 0) is 15.1 Å². The van der Waals surface area contributed by atoms with Gasteiger partial charge in [0.05, 0.1) is 17.7 Å². The molecule has 2 heterocycles. The molecule has 4 N–H and O–H groups in total. The Morgan fingerprint density at radius 2 is 1.72 bits per heavy atom. The van der Waals surface area contributed by atoms with E-state index < -0.39 is 77.0 Å². The van der Waals surface area contributed by atoms with Gasteiger partial charge in [-0.3, -0.25) is 9.59 Å². The third kappa shape index (κ3) is 8.70. The number of nitrogens with one attached hydrogen (secondary N) is 2. The molecule has 0 spiro atoms. The van der Waals surface area contributed by atoms with Crippen LogP contribution in [0, 0.1) is 11.6 Å². The first-order valence-corrected chi connectivity index (χ1v) is 18.0. The number of alkyl halides is 2. The maximum absolute atomic E-state index is 16.0. The molecule has 3 aromatic rings. The summed E-state index contributed by atoms with van der Waals surface area (Å²) in [6, 6.07) is 12.8. The first kappa shape index (κ1) is 40.6. The predicted molar refractivity (Wildman–Crippen MR) is 195 cm³/mol. The van der Waals surface area contributed by atoms with E-state index in [2.05, 4.69) is 15.4 Å². The number of alkyl carbamates (subject to hydrolysis) is 1. The molecule has 3 aromatic carbocycles. The number of fused-ring (bicyclic) bond motifs is 1. The standard InChI is InChI=1S/C39H45ClF4N4O6/c1-22-30-28(19-26(41)33(40)32(30)31-25(35(45)50)11-12-27(52-5)34(31)42)54-39(22,23-9-7-6-8-10-23)20-46-24-14-17-48(18-15-24)29(49)13-16-38(43,44)21-53-36(51)47-37(2,3)4/h6-12,19,22,24,46H,13-18,20-21H2,1-5H3,(H2,45,50)(H,47,51)/t22-,39-/m0/s1. The van der Waals surface area contributed by atoms with Crippen LogP contribution in [0.25, 0.3) is 11.1 Å². The van der Waals surface area contributed by atoms with Crippen LogP contribution in [0.1, 0.15) is 80.8 Å². The van der Waals surface area contributed by atoms with Gasteiger partial charge in [-0.25, -0.2) is 22.4 Å². The van der Waals surface area contributed by atoms with Crippen molar-refractivity contribution >= 4 is 29.5 Å². The van der Waals surface area contributed by atoms with Crippen LogP contribution in [0.2, 0.25) is 5.02 Å². The molecule has 0 aliphatic carbocycles. The first-order chi connectivity index (χ1) is 25.4. The van der Waals surface area contributed by atoms with Crippen LogP contribution in [0.3, 0.4) is 0 Å². The van der Waals surface area contributed by atoms with E-state index in [0.29, 0.717) is 31.5 Å². The monoisotopic (exact) mass is 776 g/mol. The highest BCUT2D eigenvalue weighted by Crippen LogP contribution is 2.56. The number of carbonyl (C=O) groups excluding carboxylic acids is 3. The van der Waals surface area contributed by atoms with Gasteiger partial charge in [0.25, 0.3) is 5.92 Å². The summed E-state index contributed by atoms with van der Waals surface area (Å²) in [6.07, 6.45) is -1.13. The number of benzene rings is 3. The Balaban J connectivity index is 1.32. The topological polar surface area (TPSA) is 132 Å². The lowest BCUT2D eigenvalue weighted by atomic mass is 9.77. The SMILES string of the molecule is COc1ccc(C(N)=O)c(-c2c(Cl)c(F)cc3c2[C@H](C)[C@@](CNC2CCN(C(=O)CCC(F)(F)COC(=O)NC(C)(C)C)CC2)(c2ccccc2)O3)c1F. The highest BCUT2D eigenvalue weighted by Gasteiger charge is 2.50. The number of piperidine rings is 1. The Morgan fingerprint density at radius 1 is 1.06 bits per heavy atom. The lowest BCUT2D eigenvalue weighted by Crippen LogP contribution is -2.51. The number of nitrogens with two attached hydrogens (primary N) is 1. The Bertz CT molecular complexity index is 1880. The molecular weight excluding hydrogens is 732 g/mol. The van der Waals surface area contributed by atoms with Gasteiger partial charge in [0, 0.05) is 72.7 Å². The van der Waals surface area contributed by atoms with Crippen molar-refractivity contribution in [1.29, 1.82) is 0 Å². The van der Waals surface area contributed by atoms with E-state index >= 15 is 8.78 Å². The molecule has 0 saturated carbocycles. The zero-order chi connectivity index (χ0) is 39.6. The highest BCUT2D eigenvalue weighted by molar-refractivity contribution is 6.34. The zero-order valence-corrected chi connectivity index (χ0v) is 31.6. The average Bonchev–Trinajstić information content (AvgIpc) is 3.40. The molecule has 0 aromatic heterocycles. The summed E-state index contributed by atoms with van der Waals surface area (Å²) in [6.45, 7) is 6.62. The van der Waals surface area contributed by atoms with Crippen molar-refractivity contribution in [2.45, 2.75) is 82.4 Å². The van der Waals surface area contributed by atoms with Gasteiger partial charge in [-0.2, -0.15) is 0 Å². The molecule has 2 aliphatic heterocycles. The summed E-state index contributed by atoms with van der Waals surface area (Å²) in [5, 5.41) is 5.58. The number of carbonyl (C=O) groups is 3. The van der Waals surface area contributed by atoms with E-state index in [1.54, 1.807) is 20.8 Å². The number of hydrogen-bond acceptors (Lipinski definition) is 7. The van der Waals surface area contributed by atoms with Crippen molar-refractivity contribution in [3.63, 3.8) is 0 Å². The van der Waals surface area contributed by atoms with E-state index in [1.807, 2.05) is 37.3 Å². The number of amides is 3. The largest absolute Gasteiger partial charge is 0.494 e. The van der Waals surface area contributed by atoms with E-state index in [4.69, 9.17) is 26.8 Å². The summed E-state index contributed by atoms with van der Waals surface area (Å²) >= 11 is 6.59. The normalized spacial score (nSPS) is 18.9. The lowest BCUT2D eigenvalue weighted by molar-refractivity contribution is -0.135. The van der Waals surface area contributed by atoms with Gasteiger partial charge in [-0.05, 0) is 51.3 Å². The van der Waals surface area contributed by atoms with Crippen molar-refractivity contribution in [2.75, 3.05) is 33.4 Å². The number of methoxy groups -OCH3 is 1. The molecule has 292 valence electrons. The Hall–Kier alpha value is -4.56. The van der Waals surface area contributed by atoms with Gasteiger partial charge < -0.3 is 35.5 Å². The summed E-state index contributed by atoms with van der Waals surface area (Å²) < 4.78 is 77.1. The number of rotatable bonds is 12. The summed E-state index contributed by atoms with van der Waals surface area (Å²) in [5.41, 5.74) is 4.37. The van der Waals surface area contributed by atoms with E-state index in [0.717, 1.165) is 11.6 Å². The molecule has 3 amide bonds. The summed E-state index contributed by atoms with van der Waals surface area (Å²) in [7, 11) is 1.26. The summed E-state index contributed by atoms with van der Waals surface area (Å²) in [4.78, 5) is 38.8. The van der Waals surface area contributed by atoms with Gasteiger partial charge in [0.1, 0.15) is 11.6 Å². The number of likely N-dealkylation sites (tertiary alicyclic amines) is 1. The number of nitrogens with zero attached hydrogens (tertiary/aromatic N) is 1. The molecule has 15 heteroatoms. The molecule has 1 fully saturated rings. The second-order valence-electron chi connectivity index (χ2n) is 14.8. The van der Waals surface area contributed by atoms with Gasteiger partial charge in [0.15, 0.2) is 23.8 Å². The fraction of sp³-hybridized carbons (Fsp3) is 0.462. The average molecular weight is 777 g/mol. The molecule has 1 saturated heterocycles.